The number of benzene rings is 2. The maximum Gasteiger partial charge on any atom is 0.146 e. The van der Waals surface area contributed by atoms with Crippen molar-refractivity contribution in [2.75, 3.05) is 0 Å². The summed E-state index contributed by atoms with van der Waals surface area (Å²) in [5.41, 5.74) is 2.07. The average molecular weight is 352 g/mol. The van der Waals surface area contributed by atoms with E-state index in [1.165, 1.54) is 0 Å². The van der Waals surface area contributed by atoms with E-state index >= 15 is 0 Å². The normalized spacial score (nSPS) is 8.95. The largest absolute Gasteiger partial charge is 0.487 e. The van der Waals surface area contributed by atoms with Gasteiger partial charge in [0.1, 0.15) is 17.9 Å². The summed E-state index contributed by atoms with van der Waals surface area (Å²) < 4.78 is 5.84. The zero-order valence-electron chi connectivity index (χ0n) is 11.3. The van der Waals surface area contributed by atoms with E-state index in [0.717, 1.165) is 22.2 Å². The van der Waals surface area contributed by atoms with E-state index in [1.807, 2.05) is 48.5 Å². The molecule has 21 heavy (non-hydrogen) atoms. The van der Waals surface area contributed by atoms with Crippen LogP contribution in [-0.2, 0) is 6.61 Å². The van der Waals surface area contributed by atoms with Gasteiger partial charge in [-0.1, -0.05) is 48.5 Å². The van der Waals surface area contributed by atoms with Crippen LogP contribution in [0.15, 0.2) is 66.9 Å². The molecule has 3 rings (SSSR count). The molecule has 0 fully saturated rings. The molecule has 0 bridgehead atoms. The highest BCUT2D eigenvalue weighted by molar-refractivity contribution is 8.93. The zero-order valence-corrected chi connectivity index (χ0v) is 13.0. The van der Waals surface area contributed by atoms with Gasteiger partial charge in [0.15, 0.2) is 0 Å². The molecule has 0 saturated carbocycles. The molecular weight excluding hydrogens is 334 g/mol. The minimum absolute atomic E-state index is 0. The number of nitrogens with zero attached hydrogens (tertiary/aromatic N) is 1. The van der Waals surface area contributed by atoms with Crippen molar-refractivity contribution in [2.45, 2.75) is 6.61 Å². The zero-order chi connectivity index (χ0) is 12.2. The van der Waals surface area contributed by atoms with Crippen LogP contribution < -0.4 is 4.74 Å². The highest BCUT2D eigenvalue weighted by atomic mass is 79.9. The SMILES string of the molecule is Br.O.O.c1ccc(COc2cccc3cccnc23)cc1. The first-order chi connectivity index (χ1) is 8.93. The second-order valence-electron chi connectivity index (χ2n) is 4.11. The van der Waals surface area contributed by atoms with Crippen LogP contribution in [0.25, 0.3) is 10.9 Å². The van der Waals surface area contributed by atoms with Crippen molar-refractivity contribution in [3.8, 4) is 5.75 Å². The fourth-order valence-corrected chi connectivity index (χ4v) is 1.93. The van der Waals surface area contributed by atoms with Crippen molar-refractivity contribution in [1.82, 2.24) is 4.98 Å². The average Bonchev–Trinajstić information content (AvgIpc) is 2.46. The molecule has 0 saturated heterocycles. The van der Waals surface area contributed by atoms with Gasteiger partial charge < -0.3 is 15.7 Å². The highest BCUT2D eigenvalue weighted by Crippen LogP contribution is 2.23. The van der Waals surface area contributed by atoms with Gasteiger partial charge in [0.2, 0.25) is 0 Å². The molecule has 1 heterocycles. The molecule has 0 radical (unpaired) electrons. The number of halogens is 1. The topological polar surface area (TPSA) is 85.1 Å². The van der Waals surface area contributed by atoms with Gasteiger partial charge in [0.25, 0.3) is 0 Å². The fourth-order valence-electron chi connectivity index (χ4n) is 1.93. The fraction of sp³-hybridized carbons (Fsp3) is 0.0625. The third kappa shape index (κ3) is 4.53. The van der Waals surface area contributed by atoms with Gasteiger partial charge in [-0.15, -0.1) is 17.0 Å². The van der Waals surface area contributed by atoms with Gasteiger partial charge in [-0.25, -0.2) is 0 Å². The molecule has 4 nitrogen and oxygen atoms in total. The van der Waals surface area contributed by atoms with Crippen LogP contribution >= 0.6 is 17.0 Å². The number of fused-ring (bicyclic) bond motifs is 1. The van der Waals surface area contributed by atoms with Crippen LogP contribution in [-0.4, -0.2) is 15.9 Å². The number of hydrogen-bond acceptors (Lipinski definition) is 2. The van der Waals surface area contributed by atoms with E-state index in [2.05, 4.69) is 17.1 Å². The maximum atomic E-state index is 5.84. The van der Waals surface area contributed by atoms with Gasteiger partial charge in [-0.05, 0) is 17.7 Å². The van der Waals surface area contributed by atoms with Crippen LogP contribution in [0.5, 0.6) is 5.75 Å². The molecule has 0 aliphatic rings. The van der Waals surface area contributed by atoms with E-state index in [1.54, 1.807) is 6.20 Å². The standard InChI is InChI=1S/C16H13NO.BrH.2H2O/c1-2-6-13(7-3-1)12-18-15-10-4-8-14-9-5-11-17-16(14)15;;;/h1-11H,12H2;1H;2*1H2. The van der Waals surface area contributed by atoms with E-state index in [4.69, 9.17) is 4.74 Å². The van der Waals surface area contributed by atoms with Crippen molar-refractivity contribution in [3.05, 3.63) is 72.4 Å². The Hall–Kier alpha value is -1.95. The summed E-state index contributed by atoms with van der Waals surface area (Å²) in [5, 5.41) is 1.10. The third-order valence-corrected chi connectivity index (χ3v) is 2.83. The number of aromatic nitrogens is 1. The first-order valence-corrected chi connectivity index (χ1v) is 5.94. The molecule has 0 aliphatic carbocycles. The lowest BCUT2D eigenvalue weighted by atomic mass is 10.2. The molecule has 112 valence electrons. The number of rotatable bonds is 3. The monoisotopic (exact) mass is 351 g/mol. The van der Waals surface area contributed by atoms with Crippen LogP contribution in [0.1, 0.15) is 5.56 Å². The van der Waals surface area contributed by atoms with Crippen LogP contribution in [0.4, 0.5) is 0 Å². The van der Waals surface area contributed by atoms with E-state index in [0.29, 0.717) is 6.61 Å². The predicted molar refractivity (Wildman–Crippen MR) is 90.1 cm³/mol. The Kier molecular flexibility index (Phi) is 8.23. The minimum atomic E-state index is 0. The van der Waals surface area contributed by atoms with E-state index in [-0.39, 0.29) is 27.9 Å². The third-order valence-electron chi connectivity index (χ3n) is 2.83. The van der Waals surface area contributed by atoms with Gasteiger partial charge in [0, 0.05) is 11.6 Å². The molecule has 0 spiro atoms. The second-order valence-corrected chi connectivity index (χ2v) is 4.11. The Balaban J connectivity index is 0.00000133. The highest BCUT2D eigenvalue weighted by Gasteiger charge is 2.02. The summed E-state index contributed by atoms with van der Waals surface area (Å²) in [6, 6.07) is 20.1. The molecule has 0 amide bonds. The molecule has 2 aromatic carbocycles. The van der Waals surface area contributed by atoms with E-state index in [9.17, 15) is 0 Å². The molecule has 5 heteroatoms. The van der Waals surface area contributed by atoms with Crippen molar-refractivity contribution in [1.29, 1.82) is 0 Å². The molecular formula is C16H18BrNO3. The predicted octanol–water partition coefficient (Wildman–Crippen LogP) is 2.74. The Morgan fingerprint density at radius 3 is 2.29 bits per heavy atom. The first-order valence-electron chi connectivity index (χ1n) is 5.94. The van der Waals surface area contributed by atoms with Crippen LogP contribution in [0.2, 0.25) is 0 Å². The van der Waals surface area contributed by atoms with Crippen molar-refractivity contribution >= 4 is 27.9 Å². The molecule has 0 atom stereocenters. The second kappa shape index (κ2) is 9.07. The summed E-state index contributed by atoms with van der Waals surface area (Å²) in [4.78, 5) is 4.37. The van der Waals surface area contributed by atoms with E-state index < -0.39 is 0 Å². The minimum Gasteiger partial charge on any atom is -0.487 e. The summed E-state index contributed by atoms with van der Waals surface area (Å²) >= 11 is 0. The van der Waals surface area contributed by atoms with Gasteiger partial charge in [0.05, 0.1) is 0 Å². The van der Waals surface area contributed by atoms with Gasteiger partial charge in [-0.2, -0.15) is 0 Å². The Morgan fingerprint density at radius 1 is 0.810 bits per heavy atom. The van der Waals surface area contributed by atoms with Crippen molar-refractivity contribution in [2.24, 2.45) is 0 Å². The van der Waals surface area contributed by atoms with Crippen LogP contribution in [0.3, 0.4) is 0 Å². The van der Waals surface area contributed by atoms with Gasteiger partial charge in [-0.3, -0.25) is 4.98 Å². The van der Waals surface area contributed by atoms with Crippen molar-refractivity contribution in [3.63, 3.8) is 0 Å². The summed E-state index contributed by atoms with van der Waals surface area (Å²) in [5.74, 6) is 0.831. The molecule has 0 unspecified atom stereocenters. The number of para-hydroxylation sites is 1. The lowest BCUT2D eigenvalue weighted by Gasteiger charge is -2.08. The summed E-state index contributed by atoms with van der Waals surface area (Å²) in [6.45, 7) is 0.566. The Morgan fingerprint density at radius 2 is 1.52 bits per heavy atom. The molecule has 1 aromatic heterocycles. The summed E-state index contributed by atoms with van der Waals surface area (Å²) in [7, 11) is 0. The van der Waals surface area contributed by atoms with Gasteiger partial charge >= 0.3 is 0 Å². The lowest BCUT2D eigenvalue weighted by molar-refractivity contribution is 0.309. The first kappa shape index (κ1) is 19.1. The smallest absolute Gasteiger partial charge is 0.146 e. The molecule has 4 N–H and O–H groups in total. The maximum absolute atomic E-state index is 5.84. The summed E-state index contributed by atoms with van der Waals surface area (Å²) in [6.07, 6.45) is 1.79. The quantitative estimate of drug-likeness (QED) is 0.726. The number of hydrogen-bond donors (Lipinski definition) is 0. The molecule has 3 aromatic rings. The molecule has 0 aliphatic heterocycles. The Labute approximate surface area is 133 Å². The number of ether oxygens (including phenoxy) is 1. The Bertz CT molecular complexity index is 656. The van der Waals surface area contributed by atoms with Crippen LogP contribution in [0, 0.1) is 0 Å². The van der Waals surface area contributed by atoms with Crippen molar-refractivity contribution < 1.29 is 15.7 Å². The lowest BCUT2D eigenvalue weighted by Crippen LogP contribution is -1.96. The number of pyridine rings is 1.